The lowest BCUT2D eigenvalue weighted by Crippen LogP contribution is -2.35. The minimum Gasteiger partial charge on any atom is -0.481 e. The van der Waals surface area contributed by atoms with Crippen LogP contribution in [0, 0.1) is 11.3 Å². The number of amides is 1. The van der Waals surface area contributed by atoms with Gasteiger partial charge >= 0.3 is 5.97 Å². The number of carbonyl (C=O) groups excluding carboxylic acids is 1. The van der Waals surface area contributed by atoms with Crippen molar-refractivity contribution in [3.8, 4) is 6.07 Å². The van der Waals surface area contributed by atoms with Crippen LogP contribution in [0.1, 0.15) is 18.4 Å². The predicted molar refractivity (Wildman–Crippen MR) is 78.3 cm³/mol. The first kappa shape index (κ1) is 14.9. The van der Waals surface area contributed by atoms with E-state index in [-0.39, 0.29) is 18.9 Å². The van der Waals surface area contributed by atoms with Crippen LogP contribution in [0.4, 0.5) is 11.4 Å². The van der Waals surface area contributed by atoms with E-state index in [1.807, 2.05) is 36.2 Å². The maximum Gasteiger partial charge on any atom is 0.305 e. The van der Waals surface area contributed by atoms with Crippen molar-refractivity contribution in [1.29, 1.82) is 5.26 Å². The van der Waals surface area contributed by atoms with Crippen molar-refractivity contribution in [2.75, 3.05) is 29.9 Å². The van der Waals surface area contributed by atoms with Crippen LogP contribution in [0.5, 0.6) is 0 Å². The Balaban J connectivity index is 2.21. The molecular weight excluding hydrogens is 270 g/mol. The van der Waals surface area contributed by atoms with Gasteiger partial charge < -0.3 is 10.0 Å². The van der Waals surface area contributed by atoms with E-state index in [0.717, 1.165) is 16.9 Å². The maximum absolute atomic E-state index is 11.8. The number of carboxylic acid groups (broad SMARTS) is 1. The zero-order valence-electron chi connectivity index (χ0n) is 11.9. The average Bonchev–Trinajstić information content (AvgIpc) is 2.47. The molecule has 0 saturated heterocycles. The highest BCUT2D eigenvalue weighted by Crippen LogP contribution is 2.31. The molecule has 21 heavy (non-hydrogen) atoms. The zero-order chi connectivity index (χ0) is 15.4. The summed E-state index contributed by atoms with van der Waals surface area (Å²) in [5, 5.41) is 17.5. The minimum atomic E-state index is -0.828. The van der Waals surface area contributed by atoms with Crippen molar-refractivity contribution in [2.45, 2.75) is 19.3 Å². The molecule has 1 N–H and O–H groups in total. The molecule has 1 aliphatic rings. The van der Waals surface area contributed by atoms with Gasteiger partial charge in [0.25, 0.3) is 0 Å². The summed E-state index contributed by atoms with van der Waals surface area (Å²) in [6.07, 6.45) is 1.13. The molecule has 0 spiro atoms. The largest absolute Gasteiger partial charge is 0.481 e. The van der Waals surface area contributed by atoms with E-state index in [2.05, 4.69) is 0 Å². The SMILES string of the molecule is CN(CCC(=O)O)c1ccc2c(c1)CCC(=O)N2CC#N. The van der Waals surface area contributed by atoms with Crippen LogP contribution in [-0.4, -0.2) is 37.1 Å². The lowest BCUT2D eigenvalue weighted by molar-refractivity contribution is -0.136. The Bertz CT molecular complexity index is 607. The highest BCUT2D eigenvalue weighted by atomic mass is 16.4. The molecule has 1 heterocycles. The molecule has 0 aromatic heterocycles. The Kier molecular flexibility index (Phi) is 4.43. The quantitative estimate of drug-likeness (QED) is 0.827. The van der Waals surface area contributed by atoms with Crippen LogP contribution in [0.3, 0.4) is 0 Å². The Labute approximate surface area is 123 Å². The number of nitriles is 1. The minimum absolute atomic E-state index is 0.0315. The first-order valence-electron chi connectivity index (χ1n) is 6.76. The van der Waals surface area contributed by atoms with Crippen LogP contribution in [0.25, 0.3) is 0 Å². The third-order valence-electron chi connectivity index (χ3n) is 3.59. The topological polar surface area (TPSA) is 84.6 Å². The van der Waals surface area contributed by atoms with Gasteiger partial charge in [0.15, 0.2) is 0 Å². The van der Waals surface area contributed by atoms with Gasteiger partial charge in [0.05, 0.1) is 12.5 Å². The number of nitrogens with zero attached hydrogens (tertiary/aromatic N) is 3. The third kappa shape index (κ3) is 3.31. The highest BCUT2D eigenvalue weighted by molar-refractivity contribution is 5.97. The standard InChI is InChI=1S/C15H17N3O3/c1-17(8-6-15(20)21)12-3-4-13-11(10-12)2-5-14(19)18(13)9-7-16/h3-4,10H,2,5-6,8-9H2,1H3,(H,20,21). The summed E-state index contributed by atoms with van der Waals surface area (Å²) in [5.74, 6) is -0.860. The fraction of sp³-hybridized carbons (Fsp3) is 0.400. The number of carboxylic acids is 1. The third-order valence-corrected chi connectivity index (χ3v) is 3.59. The lowest BCUT2D eigenvalue weighted by Gasteiger charge is -2.29. The molecule has 1 amide bonds. The van der Waals surface area contributed by atoms with Crippen molar-refractivity contribution in [1.82, 2.24) is 0 Å². The Morgan fingerprint density at radius 3 is 2.90 bits per heavy atom. The van der Waals surface area contributed by atoms with Gasteiger partial charge in [0, 0.05) is 31.4 Å². The van der Waals surface area contributed by atoms with E-state index >= 15 is 0 Å². The lowest BCUT2D eigenvalue weighted by atomic mass is 10.00. The molecule has 110 valence electrons. The number of hydrogen-bond donors (Lipinski definition) is 1. The van der Waals surface area contributed by atoms with Gasteiger partial charge in [-0.15, -0.1) is 0 Å². The van der Waals surface area contributed by atoms with Crippen LogP contribution in [-0.2, 0) is 16.0 Å². The molecule has 0 fully saturated rings. The molecule has 0 atom stereocenters. The van der Waals surface area contributed by atoms with E-state index in [4.69, 9.17) is 10.4 Å². The number of aryl methyl sites for hydroxylation is 1. The Hall–Kier alpha value is -2.55. The number of aliphatic carboxylic acids is 1. The normalized spacial score (nSPS) is 13.5. The second-order valence-corrected chi connectivity index (χ2v) is 5.02. The zero-order valence-corrected chi connectivity index (χ0v) is 11.9. The van der Waals surface area contributed by atoms with E-state index in [0.29, 0.717) is 19.4 Å². The van der Waals surface area contributed by atoms with Crippen LogP contribution >= 0.6 is 0 Å². The van der Waals surface area contributed by atoms with E-state index in [9.17, 15) is 9.59 Å². The summed E-state index contributed by atoms with van der Waals surface area (Å²) in [6.45, 7) is 0.481. The number of rotatable bonds is 5. The molecule has 0 radical (unpaired) electrons. The molecule has 6 heteroatoms. The monoisotopic (exact) mass is 287 g/mol. The van der Waals surface area contributed by atoms with Gasteiger partial charge in [-0.1, -0.05) is 0 Å². The second-order valence-electron chi connectivity index (χ2n) is 5.02. The molecule has 0 bridgehead atoms. The number of fused-ring (bicyclic) bond motifs is 1. The molecule has 1 aromatic carbocycles. The van der Waals surface area contributed by atoms with Gasteiger partial charge in [-0.25, -0.2) is 0 Å². The first-order chi connectivity index (χ1) is 10.0. The van der Waals surface area contributed by atoms with Crippen LogP contribution < -0.4 is 9.80 Å². The molecule has 0 saturated carbocycles. The summed E-state index contributed by atoms with van der Waals surface area (Å²) in [5.41, 5.74) is 2.72. The smallest absolute Gasteiger partial charge is 0.305 e. The van der Waals surface area contributed by atoms with Crippen LogP contribution in [0.2, 0.25) is 0 Å². The Morgan fingerprint density at radius 2 is 2.24 bits per heavy atom. The Morgan fingerprint density at radius 1 is 1.48 bits per heavy atom. The van der Waals surface area contributed by atoms with Gasteiger partial charge in [-0.3, -0.25) is 14.5 Å². The molecule has 1 aliphatic heterocycles. The summed E-state index contributed by atoms with van der Waals surface area (Å²) < 4.78 is 0. The fourth-order valence-corrected chi connectivity index (χ4v) is 2.42. The first-order valence-corrected chi connectivity index (χ1v) is 6.76. The number of carbonyl (C=O) groups is 2. The molecule has 6 nitrogen and oxygen atoms in total. The van der Waals surface area contributed by atoms with Crippen molar-refractivity contribution < 1.29 is 14.7 Å². The molecule has 2 rings (SSSR count). The summed E-state index contributed by atoms with van der Waals surface area (Å²) in [4.78, 5) is 25.8. The predicted octanol–water partition coefficient (Wildman–Crippen LogP) is 1.40. The molecule has 0 unspecified atom stereocenters. The van der Waals surface area contributed by atoms with Gasteiger partial charge in [0.2, 0.25) is 5.91 Å². The van der Waals surface area contributed by atoms with E-state index in [1.54, 1.807) is 0 Å². The van der Waals surface area contributed by atoms with E-state index in [1.165, 1.54) is 4.90 Å². The van der Waals surface area contributed by atoms with Gasteiger partial charge in [-0.2, -0.15) is 5.26 Å². The highest BCUT2D eigenvalue weighted by Gasteiger charge is 2.24. The van der Waals surface area contributed by atoms with E-state index < -0.39 is 5.97 Å². The van der Waals surface area contributed by atoms with Crippen LogP contribution in [0.15, 0.2) is 18.2 Å². The number of hydrogen-bond acceptors (Lipinski definition) is 4. The van der Waals surface area contributed by atoms with Crippen molar-refractivity contribution >= 4 is 23.3 Å². The fourth-order valence-electron chi connectivity index (χ4n) is 2.42. The van der Waals surface area contributed by atoms with Crippen molar-refractivity contribution in [2.24, 2.45) is 0 Å². The second kappa shape index (κ2) is 6.27. The summed E-state index contributed by atoms with van der Waals surface area (Å²) in [7, 11) is 1.84. The molecular formula is C15H17N3O3. The van der Waals surface area contributed by atoms with Crippen molar-refractivity contribution in [3.05, 3.63) is 23.8 Å². The average molecular weight is 287 g/mol. The molecule has 0 aliphatic carbocycles. The number of anilines is 2. The maximum atomic E-state index is 11.8. The molecule has 1 aromatic rings. The van der Waals surface area contributed by atoms with Gasteiger partial charge in [0.1, 0.15) is 6.54 Å². The van der Waals surface area contributed by atoms with Crippen molar-refractivity contribution in [3.63, 3.8) is 0 Å². The summed E-state index contributed by atoms with van der Waals surface area (Å²) in [6, 6.07) is 7.66. The summed E-state index contributed by atoms with van der Waals surface area (Å²) >= 11 is 0. The van der Waals surface area contributed by atoms with Gasteiger partial charge in [-0.05, 0) is 30.2 Å². The number of benzene rings is 1.